The van der Waals surface area contributed by atoms with Gasteiger partial charge in [0.25, 0.3) is 0 Å². The molecule has 0 bridgehead atoms. The van der Waals surface area contributed by atoms with E-state index in [1.165, 1.54) is 72.0 Å². The average Bonchev–Trinajstić information content (AvgIpc) is 3.88. The van der Waals surface area contributed by atoms with Crippen molar-refractivity contribution in [3.8, 4) is 44.9 Å². The molecule has 2 aliphatic carbocycles. The molecule has 14 rings (SSSR count). The molecular formula is C66H43NO. The Balaban J connectivity index is 1.11. The van der Waals surface area contributed by atoms with Crippen LogP contribution in [0.3, 0.4) is 0 Å². The van der Waals surface area contributed by atoms with Crippen LogP contribution in [-0.2, 0) is 10.8 Å². The van der Waals surface area contributed by atoms with Crippen molar-refractivity contribution >= 4 is 27.8 Å². The molecule has 68 heavy (non-hydrogen) atoms. The zero-order chi connectivity index (χ0) is 44.8. The quantitative estimate of drug-likeness (QED) is 0.165. The lowest BCUT2D eigenvalue weighted by Gasteiger charge is -2.40. The summed E-state index contributed by atoms with van der Waals surface area (Å²) in [6.45, 7) is 0. The molecule has 1 unspecified atom stereocenters. The van der Waals surface area contributed by atoms with Crippen LogP contribution in [0.1, 0.15) is 44.5 Å². The van der Waals surface area contributed by atoms with Crippen LogP contribution in [0.25, 0.3) is 44.2 Å². The van der Waals surface area contributed by atoms with Crippen LogP contribution >= 0.6 is 0 Å². The predicted octanol–water partition coefficient (Wildman–Crippen LogP) is 16.8. The molecule has 1 aliphatic heterocycles. The molecule has 0 N–H and O–H groups in total. The van der Waals surface area contributed by atoms with E-state index in [1.54, 1.807) is 0 Å². The second-order valence-electron chi connectivity index (χ2n) is 18.2. The molecule has 2 heteroatoms. The Labute approximate surface area is 396 Å². The van der Waals surface area contributed by atoms with Gasteiger partial charge in [0.15, 0.2) is 0 Å². The fraction of sp³-hybridized carbons (Fsp3) is 0.0303. The number of fused-ring (bicyclic) bond motifs is 14. The maximum Gasteiger partial charge on any atom is 0.132 e. The van der Waals surface area contributed by atoms with Gasteiger partial charge < -0.3 is 9.64 Å². The lowest BCUT2D eigenvalue weighted by atomic mass is 9.65. The van der Waals surface area contributed by atoms with Gasteiger partial charge in [-0.05, 0) is 103 Å². The number of anilines is 3. The van der Waals surface area contributed by atoms with E-state index in [-0.39, 0.29) is 0 Å². The first kappa shape index (κ1) is 38.5. The predicted molar refractivity (Wildman–Crippen MR) is 279 cm³/mol. The first-order chi connectivity index (χ1) is 33.8. The maximum absolute atomic E-state index is 6.95. The molecule has 3 aliphatic rings. The lowest BCUT2D eigenvalue weighted by molar-refractivity contribution is 0.438. The van der Waals surface area contributed by atoms with Crippen LogP contribution in [-0.4, -0.2) is 0 Å². The molecule has 318 valence electrons. The summed E-state index contributed by atoms with van der Waals surface area (Å²) in [5.41, 5.74) is 19.2. The van der Waals surface area contributed by atoms with Crippen molar-refractivity contribution < 1.29 is 4.74 Å². The minimum atomic E-state index is -0.682. The van der Waals surface area contributed by atoms with E-state index in [9.17, 15) is 0 Å². The monoisotopic (exact) mass is 865 g/mol. The highest BCUT2D eigenvalue weighted by Crippen LogP contribution is 2.65. The fourth-order valence-corrected chi connectivity index (χ4v) is 12.4. The van der Waals surface area contributed by atoms with Crippen LogP contribution in [0, 0.1) is 0 Å². The molecule has 0 radical (unpaired) electrons. The molecule has 11 aromatic carbocycles. The topological polar surface area (TPSA) is 12.5 Å². The van der Waals surface area contributed by atoms with Crippen LogP contribution in [0.15, 0.2) is 261 Å². The zero-order valence-electron chi connectivity index (χ0n) is 37.2. The Hall–Kier alpha value is -8.72. The molecular weight excluding hydrogens is 823 g/mol. The summed E-state index contributed by atoms with van der Waals surface area (Å²) in [5.74, 6) is 1.77. The van der Waals surface area contributed by atoms with E-state index in [0.29, 0.717) is 0 Å². The van der Waals surface area contributed by atoms with E-state index in [4.69, 9.17) is 4.74 Å². The van der Waals surface area contributed by atoms with Gasteiger partial charge in [-0.25, -0.2) is 0 Å². The molecule has 11 aromatic rings. The van der Waals surface area contributed by atoms with E-state index >= 15 is 0 Å². The minimum Gasteiger partial charge on any atom is -0.457 e. The third-order valence-corrected chi connectivity index (χ3v) is 15.0. The summed E-state index contributed by atoms with van der Waals surface area (Å²) in [5, 5.41) is 2.38. The largest absolute Gasteiger partial charge is 0.457 e. The molecule has 2 nitrogen and oxygen atoms in total. The van der Waals surface area contributed by atoms with Gasteiger partial charge in [0.2, 0.25) is 0 Å². The van der Waals surface area contributed by atoms with Crippen molar-refractivity contribution in [1.82, 2.24) is 0 Å². The van der Waals surface area contributed by atoms with Crippen molar-refractivity contribution in [2.75, 3.05) is 4.90 Å². The Kier molecular flexibility index (Phi) is 8.45. The zero-order valence-corrected chi connectivity index (χ0v) is 37.2. The Bertz CT molecular complexity index is 3740. The molecule has 1 atom stereocenters. The minimum absolute atomic E-state index is 0.560. The standard InChI is InChI=1S/C66H43NO/c1-4-21-44(22-5-1)49-28-14-18-36-59(49)67(60-37-20-35-57-63(60)53-31-13-16-33-55(53)65(57,46-24-6-2-7-25-46)47-26-8-3-9-27-47)48-40-41-52-51-30-12-15-32-54(51)66(58(52)43-48)56-34-17-19-38-61(56)68-62-42-39-45-23-10-11-29-50(45)64(62)66/h1-43H. The van der Waals surface area contributed by atoms with Crippen LogP contribution in [0.2, 0.25) is 0 Å². The van der Waals surface area contributed by atoms with Crippen molar-refractivity contribution in [2.45, 2.75) is 10.8 Å². The highest BCUT2D eigenvalue weighted by molar-refractivity contribution is 6.02. The fourth-order valence-electron chi connectivity index (χ4n) is 12.4. The second-order valence-corrected chi connectivity index (χ2v) is 18.2. The average molecular weight is 866 g/mol. The highest BCUT2D eigenvalue weighted by atomic mass is 16.5. The molecule has 0 saturated carbocycles. The first-order valence-electron chi connectivity index (χ1n) is 23.6. The molecule has 0 aromatic heterocycles. The SMILES string of the molecule is c1ccc(-c2ccccc2N(c2ccc3c(c2)C2(c4ccccc4Oc4ccc5ccccc5c42)c2ccccc2-3)c2cccc3c2-c2ccccc2C3(c2ccccc2)c2ccccc2)cc1. The Morgan fingerprint density at radius 1 is 0.324 bits per heavy atom. The van der Waals surface area contributed by atoms with Crippen molar-refractivity contribution in [3.05, 3.63) is 305 Å². The number of para-hydroxylation sites is 2. The number of benzene rings is 11. The maximum atomic E-state index is 6.95. The van der Waals surface area contributed by atoms with E-state index in [2.05, 4.69) is 266 Å². The molecule has 0 fully saturated rings. The lowest BCUT2D eigenvalue weighted by Crippen LogP contribution is -2.32. The van der Waals surface area contributed by atoms with Gasteiger partial charge in [-0.1, -0.05) is 224 Å². The Morgan fingerprint density at radius 2 is 0.882 bits per heavy atom. The molecule has 1 spiro atoms. The number of ether oxygens (including phenoxy) is 1. The Morgan fingerprint density at radius 3 is 1.65 bits per heavy atom. The van der Waals surface area contributed by atoms with Gasteiger partial charge in [0.05, 0.1) is 22.2 Å². The molecule has 0 saturated heterocycles. The number of nitrogens with zero attached hydrogens (tertiary/aromatic N) is 1. The number of rotatable bonds is 6. The van der Waals surface area contributed by atoms with Crippen molar-refractivity contribution in [1.29, 1.82) is 0 Å². The van der Waals surface area contributed by atoms with Gasteiger partial charge in [0.1, 0.15) is 11.5 Å². The third-order valence-electron chi connectivity index (χ3n) is 15.0. The van der Waals surface area contributed by atoms with Gasteiger partial charge >= 0.3 is 0 Å². The van der Waals surface area contributed by atoms with Gasteiger partial charge in [-0.3, -0.25) is 0 Å². The summed E-state index contributed by atoms with van der Waals surface area (Å²) < 4.78 is 6.95. The van der Waals surface area contributed by atoms with E-state index in [1.807, 2.05) is 0 Å². The van der Waals surface area contributed by atoms with Gasteiger partial charge in [-0.15, -0.1) is 0 Å². The van der Waals surface area contributed by atoms with E-state index < -0.39 is 10.8 Å². The highest BCUT2D eigenvalue weighted by Gasteiger charge is 2.53. The summed E-state index contributed by atoms with van der Waals surface area (Å²) >= 11 is 0. The van der Waals surface area contributed by atoms with Gasteiger partial charge in [-0.2, -0.15) is 0 Å². The normalized spacial score (nSPS) is 15.4. The second kappa shape index (κ2) is 14.9. The number of hydrogen-bond donors (Lipinski definition) is 0. The summed E-state index contributed by atoms with van der Waals surface area (Å²) in [4.78, 5) is 2.55. The van der Waals surface area contributed by atoms with E-state index in [0.717, 1.165) is 45.3 Å². The first-order valence-corrected chi connectivity index (χ1v) is 23.6. The van der Waals surface area contributed by atoms with Crippen molar-refractivity contribution in [2.24, 2.45) is 0 Å². The van der Waals surface area contributed by atoms with Gasteiger partial charge in [0, 0.05) is 27.9 Å². The third kappa shape index (κ3) is 5.23. The van der Waals surface area contributed by atoms with Crippen LogP contribution in [0.4, 0.5) is 17.1 Å². The molecule has 0 amide bonds. The summed E-state index contributed by atoms with van der Waals surface area (Å²) in [6, 6.07) is 96.2. The van der Waals surface area contributed by atoms with Crippen LogP contribution in [0.5, 0.6) is 11.5 Å². The summed E-state index contributed by atoms with van der Waals surface area (Å²) in [7, 11) is 0. The smallest absolute Gasteiger partial charge is 0.132 e. The molecule has 1 heterocycles. The van der Waals surface area contributed by atoms with Crippen LogP contribution < -0.4 is 9.64 Å². The summed E-state index contributed by atoms with van der Waals surface area (Å²) in [6.07, 6.45) is 0. The number of hydrogen-bond acceptors (Lipinski definition) is 2. The van der Waals surface area contributed by atoms with Crippen molar-refractivity contribution in [3.63, 3.8) is 0 Å².